The topological polar surface area (TPSA) is 92.0 Å². The first-order chi connectivity index (χ1) is 12.8. The molecule has 0 spiro atoms. The van der Waals surface area contributed by atoms with Crippen LogP contribution in [0.1, 0.15) is 46.2 Å². The van der Waals surface area contributed by atoms with Crippen LogP contribution in [0.15, 0.2) is 18.6 Å². The van der Waals surface area contributed by atoms with Gasteiger partial charge in [-0.05, 0) is 39.0 Å². The number of pyridine rings is 1. The van der Waals surface area contributed by atoms with Crippen molar-refractivity contribution in [2.45, 2.75) is 46.1 Å². The number of carbonyl (C=O) groups excluding carboxylic acids is 1. The van der Waals surface area contributed by atoms with Crippen molar-refractivity contribution < 1.29 is 9.53 Å². The van der Waals surface area contributed by atoms with Crippen LogP contribution in [0.3, 0.4) is 0 Å². The van der Waals surface area contributed by atoms with Crippen LogP contribution in [0, 0.1) is 23.2 Å². The smallest absolute Gasteiger partial charge is 0.306 e. The lowest BCUT2D eigenvalue weighted by atomic mass is 9.88. The van der Waals surface area contributed by atoms with E-state index in [0.717, 1.165) is 25.2 Å². The zero-order chi connectivity index (χ0) is 19.6. The number of nitrogens with zero attached hydrogens (tertiary/aromatic N) is 5. The van der Waals surface area contributed by atoms with Gasteiger partial charge in [0.1, 0.15) is 22.7 Å². The minimum atomic E-state index is -0.472. The first-order valence-corrected chi connectivity index (χ1v) is 9.23. The van der Waals surface area contributed by atoms with Crippen LogP contribution >= 0.6 is 0 Å². The number of nitriles is 1. The van der Waals surface area contributed by atoms with E-state index < -0.39 is 5.60 Å². The second-order valence-corrected chi connectivity index (χ2v) is 8.26. The summed E-state index contributed by atoms with van der Waals surface area (Å²) in [5.74, 6) is 0.462. The summed E-state index contributed by atoms with van der Waals surface area (Å²) >= 11 is 0. The van der Waals surface area contributed by atoms with E-state index in [-0.39, 0.29) is 17.6 Å². The molecule has 0 unspecified atom stereocenters. The molecule has 1 aliphatic heterocycles. The number of esters is 1. The highest BCUT2D eigenvalue weighted by Crippen LogP contribution is 2.32. The largest absolute Gasteiger partial charge is 0.460 e. The molecule has 0 saturated carbocycles. The van der Waals surface area contributed by atoms with Gasteiger partial charge in [-0.2, -0.15) is 5.26 Å². The maximum atomic E-state index is 12.3. The summed E-state index contributed by atoms with van der Waals surface area (Å²) in [6.45, 7) is 9.40. The Morgan fingerprint density at radius 2 is 1.96 bits per heavy atom. The van der Waals surface area contributed by atoms with Crippen LogP contribution in [-0.4, -0.2) is 39.6 Å². The fourth-order valence-corrected chi connectivity index (χ4v) is 3.70. The van der Waals surface area contributed by atoms with Gasteiger partial charge in [-0.1, -0.05) is 6.92 Å². The zero-order valence-electron chi connectivity index (χ0n) is 16.3. The van der Waals surface area contributed by atoms with Crippen molar-refractivity contribution in [1.82, 2.24) is 15.0 Å². The summed E-state index contributed by atoms with van der Waals surface area (Å²) in [7, 11) is 0. The number of ether oxygens (including phenoxy) is 1. The summed E-state index contributed by atoms with van der Waals surface area (Å²) in [4.78, 5) is 27.5. The number of fused-ring (bicyclic) bond motifs is 1. The Bertz CT molecular complexity index is 884. The van der Waals surface area contributed by atoms with Crippen LogP contribution in [0.25, 0.3) is 11.0 Å². The average Bonchev–Trinajstić information content (AvgIpc) is 2.58. The zero-order valence-corrected chi connectivity index (χ0v) is 16.3. The second kappa shape index (κ2) is 7.47. The molecular formula is C20H25N5O2. The van der Waals surface area contributed by atoms with E-state index in [0.29, 0.717) is 23.4 Å². The van der Waals surface area contributed by atoms with Crippen LogP contribution in [0.5, 0.6) is 0 Å². The third-order valence-electron chi connectivity index (χ3n) is 4.55. The fourth-order valence-electron chi connectivity index (χ4n) is 3.70. The van der Waals surface area contributed by atoms with E-state index in [1.807, 2.05) is 20.8 Å². The molecule has 2 atom stereocenters. The fraction of sp³-hybridized carbons (Fsp3) is 0.550. The van der Waals surface area contributed by atoms with Gasteiger partial charge in [0.25, 0.3) is 0 Å². The minimum Gasteiger partial charge on any atom is -0.460 e. The number of hydrogen-bond acceptors (Lipinski definition) is 7. The quantitative estimate of drug-likeness (QED) is 0.770. The van der Waals surface area contributed by atoms with Crippen molar-refractivity contribution in [3.8, 4) is 6.07 Å². The van der Waals surface area contributed by atoms with Gasteiger partial charge < -0.3 is 9.64 Å². The maximum Gasteiger partial charge on any atom is 0.306 e. The third kappa shape index (κ3) is 4.51. The van der Waals surface area contributed by atoms with Crippen LogP contribution < -0.4 is 4.90 Å². The second-order valence-electron chi connectivity index (χ2n) is 8.26. The van der Waals surface area contributed by atoms with Crippen LogP contribution in [0.2, 0.25) is 0 Å². The summed E-state index contributed by atoms with van der Waals surface area (Å²) in [5, 5.41) is 9.27. The molecule has 27 heavy (non-hydrogen) atoms. The van der Waals surface area contributed by atoms with Crippen molar-refractivity contribution in [3.05, 3.63) is 24.3 Å². The SMILES string of the molecule is C[C@H]1C[C@@H](CC(=O)OC(C)(C)C)CN(c2cnc(C#N)c3nccnc23)C1. The van der Waals surface area contributed by atoms with Gasteiger partial charge >= 0.3 is 5.97 Å². The molecule has 0 aromatic carbocycles. The lowest BCUT2D eigenvalue weighted by Gasteiger charge is -2.38. The van der Waals surface area contributed by atoms with Crippen LogP contribution in [0.4, 0.5) is 5.69 Å². The van der Waals surface area contributed by atoms with Gasteiger partial charge in [-0.15, -0.1) is 0 Å². The van der Waals surface area contributed by atoms with E-state index in [1.165, 1.54) is 0 Å². The number of piperidine rings is 1. The summed E-state index contributed by atoms with van der Waals surface area (Å²) in [6.07, 6.45) is 6.25. The Balaban J connectivity index is 1.84. The lowest BCUT2D eigenvalue weighted by Crippen LogP contribution is -2.41. The molecule has 142 valence electrons. The highest BCUT2D eigenvalue weighted by atomic mass is 16.6. The minimum absolute atomic E-state index is 0.163. The molecule has 0 aliphatic carbocycles. The Hall–Kier alpha value is -2.75. The van der Waals surface area contributed by atoms with Gasteiger partial charge in [0, 0.05) is 25.5 Å². The number of anilines is 1. The molecule has 3 rings (SSSR count). The molecule has 7 nitrogen and oxygen atoms in total. The number of hydrogen-bond donors (Lipinski definition) is 0. The Kier molecular flexibility index (Phi) is 5.26. The van der Waals surface area contributed by atoms with Gasteiger partial charge in [0.2, 0.25) is 0 Å². The van der Waals surface area contributed by atoms with Gasteiger partial charge in [0.05, 0.1) is 18.3 Å². The Labute approximate surface area is 159 Å². The third-order valence-corrected chi connectivity index (χ3v) is 4.55. The molecule has 7 heteroatoms. The van der Waals surface area contributed by atoms with E-state index >= 15 is 0 Å². The normalized spacial score (nSPS) is 20.3. The summed E-state index contributed by atoms with van der Waals surface area (Å²) in [6, 6.07) is 2.07. The maximum absolute atomic E-state index is 12.3. The molecule has 0 N–H and O–H groups in total. The molecule has 1 saturated heterocycles. The molecule has 1 aliphatic rings. The Morgan fingerprint density at radius 3 is 2.63 bits per heavy atom. The highest BCUT2D eigenvalue weighted by Gasteiger charge is 2.30. The van der Waals surface area contributed by atoms with Gasteiger partial charge in [0.15, 0.2) is 5.69 Å². The van der Waals surface area contributed by atoms with Crippen molar-refractivity contribution >= 4 is 22.7 Å². The van der Waals surface area contributed by atoms with E-state index in [1.54, 1.807) is 18.6 Å². The number of carbonyl (C=O) groups is 1. The Morgan fingerprint density at radius 1 is 1.26 bits per heavy atom. The average molecular weight is 367 g/mol. The number of aromatic nitrogens is 3. The van der Waals surface area contributed by atoms with E-state index in [9.17, 15) is 10.1 Å². The highest BCUT2D eigenvalue weighted by molar-refractivity contribution is 5.90. The molecule has 0 bridgehead atoms. The van der Waals surface area contributed by atoms with Gasteiger partial charge in [-0.25, -0.2) is 9.97 Å². The van der Waals surface area contributed by atoms with Crippen molar-refractivity contribution in [1.29, 1.82) is 5.26 Å². The number of rotatable bonds is 3. The lowest BCUT2D eigenvalue weighted by molar-refractivity contribution is -0.156. The van der Waals surface area contributed by atoms with Crippen molar-refractivity contribution in [3.63, 3.8) is 0 Å². The standard InChI is InChI=1S/C20H25N5O2/c1-13-7-14(8-17(26)27-20(2,3)4)12-25(11-13)16-10-24-15(9-21)18-19(16)23-6-5-22-18/h5-6,10,13-14H,7-8,11-12H2,1-4H3/t13-,14-/m0/s1. The summed E-state index contributed by atoms with van der Waals surface area (Å²) < 4.78 is 5.49. The van der Waals surface area contributed by atoms with E-state index in [4.69, 9.17) is 4.74 Å². The van der Waals surface area contributed by atoms with Crippen LogP contribution in [-0.2, 0) is 9.53 Å². The molecule has 0 radical (unpaired) electrons. The van der Waals surface area contributed by atoms with E-state index in [2.05, 4.69) is 32.8 Å². The molecule has 2 aromatic rings. The molecule has 0 amide bonds. The van der Waals surface area contributed by atoms with Crippen molar-refractivity contribution in [2.75, 3.05) is 18.0 Å². The predicted molar refractivity (Wildman–Crippen MR) is 102 cm³/mol. The first-order valence-electron chi connectivity index (χ1n) is 9.23. The molecule has 1 fully saturated rings. The molecule has 2 aromatic heterocycles. The summed E-state index contributed by atoms with van der Waals surface area (Å²) in [5.41, 5.74) is 1.85. The van der Waals surface area contributed by atoms with Gasteiger partial charge in [-0.3, -0.25) is 9.78 Å². The molecule has 3 heterocycles. The molecular weight excluding hydrogens is 342 g/mol. The predicted octanol–water partition coefficient (Wildman–Crippen LogP) is 3.09. The first kappa shape index (κ1) is 19.0. The monoisotopic (exact) mass is 367 g/mol. The van der Waals surface area contributed by atoms with Crippen molar-refractivity contribution in [2.24, 2.45) is 11.8 Å².